The first-order valence-electron chi connectivity index (χ1n) is 7.91. The Morgan fingerprint density at radius 2 is 1.75 bits per heavy atom. The molecular formula is C18H12F2IN3O3S. The van der Waals surface area contributed by atoms with Crippen LogP contribution in [0.25, 0.3) is 0 Å². The number of rotatable bonds is 6. The number of nitrogens with zero attached hydrogens (tertiary/aromatic N) is 2. The van der Waals surface area contributed by atoms with E-state index in [-0.39, 0.29) is 17.7 Å². The molecule has 2 aromatic carbocycles. The minimum absolute atomic E-state index is 0.000779. The second-order valence-corrected chi connectivity index (χ2v) is 7.84. The van der Waals surface area contributed by atoms with E-state index in [4.69, 9.17) is 0 Å². The minimum atomic E-state index is -0.692. The van der Waals surface area contributed by atoms with E-state index in [1.165, 1.54) is 36.0 Å². The normalized spacial score (nSPS) is 10.8. The quantitative estimate of drug-likeness (QED) is 0.172. The van der Waals surface area contributed by atoms with Crippen LogP contribution >= 0.6 is 34.4 Å². The van der Waals surface area contributed by atoms with Gasteiger partial charge in [0.1, 0.15) is 15.2 Å². The summed E-state index contributed by atoms with van der Waals surface area (Å²) < 4.78 is 27.1. The van der Waals surface area contributed by atoms with E-state index >= 15 is 0 Å². The summed E-state index contributed by atoms with van der Waals surface area (Å²) in [6.07, 6.45) is 0.113. The van der Waals surface area contributed by atoms with Crippen molar-refractivity contribution in [2.45, 2.75) is 17.3 Å². The summed E-state index contributed by atoms with van der Waals surface area (Å²) in [6, 6.07) is 9.26. The van der Waals surface area contributed by atoms with E-state index < -0.39 is 16.6 Å². The largest absolute Gasteiger partial charge is 0.301 e. The SMILES string of the molecule is O=c1[nH]c(SCc2ccc([N+](=O)[O-])cc2)nc(Cc2cc(F)cc(F)c2)c1I. The van der Waals surface area contributed by atoms with E-state index in [1.54, 1.807) is 12.1 Å². The highest BCUT2D eigenvalue weighted by Gasteiger charge is 2.12. The van der Waals surface area contributed by atoms with Gasteiger partial charge >= 0.3 is 0 Å². The van der Waals surface area contributed by atoms with E-state index in [9.17, 15) is 23.7 Å². The van der Waals surface area contributed by atoms with E-state index in [1.807, 2.05) is 22.6 Å². The highest BCUT2D eigenvalue weighted by molar-refractivity contribution is 14.1. The van der Waals surface area contributed by atoms with Crippen LogP contribution in [0.4, 0.5) is 14.5 Å². The molecule has 0 amide bonds. The molecule has 0 aliphatic heterocycles. The molecule has 3 rings (SSSR count). The monoisotopic (exact) mass is 515 g/mol. The summed E-state index contributed by atoms with van der Waals surface area (Å²) in [5, 5.41) is 11.1. The molecule has 0 aliphatic carbocycles. The number of aromatic amines is 1. The predicted molar refractivity (Wildman–Crippen MR) is 109 cm³/mol. The number of halogens is 3. The number of nitro benzene ring substituents is 1. The minimum Gasteiger partial charge on any atom is -0.301 e. The van der Waals surface area contributed by atoms with Crippen molar-refractivity contribution in [3.63, 3.8) is 0 Å². The van der Waals surface area contributed by atoms with Crippen LogP contribution in [0.3, 0.4) is 0 Å². The molecular weight excluding hydrogens is 503 g/mol. The topological polar surface area (TPSA) is 88.9 Å². The Morgan fingerprint density at radius 3 is 2.36 bits per heavy atom. The molecule has 0 atom stereocenters. The molecule has 144 valence electrons. The van der Waals surface area contributed by atoms with Crippen molar-refractivity contribution < 1.29 is 13.7 Å². The zero-order valence-corrected chi connectivity index (χ0v) is 17.1. The second kappa shape index (κ2) is 8.78. The Balaban J connectivity index is 1.79. The van der Waals surface area contributed by atoms with E-state index in [0.29, 0.717) is 25.7 Å². The average Bonchev–Trinajstić information content (AvgIpc) is 2.63. The van der Waals surface area contributed by atoms with Gasteiger partial charge in [-0.15, -0.1) is 0 Å². The Morgan fingerprint density at radius 1 is 1.11 bits per heavy atom. The lowest BCUT2D eigenvalue weighted by Crippen LogP contribution is -2.16. The molecule has 3 aromatic rings. The average molecular weight is 515 g/mol. The first-order valence-corrected chi connectivity index (χ1v) is 9.98. The smallest absolute Gasteiger partial charge is 0.269 e. The van der Waals surface area contributed by atoms with Gasteiger partial charge in [-0.1, -0.05) is 23.9 Å². The molecule has 0 spiro atoms. The summed E-state index contributed by atoms with van der Waals surface area (Å²) in [4.78, 5) is 29.4. The Kier molecular flexibility index (Phi) is 6.39. The summed E-state index contributed by atoms with van der Waals surface area (Å²) >= 11 is 3.10. The lowest BCUT2D eigenvalue weighted by atomic mass is 10.1. The first kappa shape index (κ1) is 20.4. The van der Waals surface area contributed by atoms with Gasteiger partial charge in [-0.2, -0.15) is 0 Å². The van der Waals surface area contributed by atoms with Gasteiger partial charge in [0.25, 0.3) is 11.2 Å². The summed E-state index contributed by atoms with van der Waals surface area (Å²) in [6.45, 7) is 0. The zero-order valence-electron chi connectivity index (χ0n) is 14.1. The van der Waals surface area contributed by atoms with Crippen LogP contribution in [0.5, 0.6) is 0 Å². The lowest BCUT2D eigenvalue weighted by Gasteiger charge is -2.07. The zero-order chi connectivity index (χ0) is 20.3. The van der Waals surface area contributed by atoms with Crippen LogP contribution in [0.2, 0.25) is 0 Å². The van der Waals surface area contributed by atoms with Crippen LogP contribution in [-0.4, -0.2) is 14.9 Å². The van der Waals surface area contributed by atoms with Gasteiger partial charge < -0.3 is 4.98 Å². The number of nitrogens with one attached hydrogen (secondary N) is 1. The molecule has 6 nitrogen and oxygen atoms in total. The fourth-order valence-corrected chi connectivity index (χ4v) is 3.72. The standard InChI is InChI=1S/C18H12F2IN3O3S/c19-12-5-11(6-13(20)8-12)7-15-16(21)17(25)23-18(22-15)28-9-10-1-3-14(4-2-10)24(26)27/h1-6,8H,7,9H2,(H,22,23,25). The number of hydrogen-bond acceptors (Lipinski definition) is 5. The van der Waals surface area contributed by atoms with Gasteiger partial charge in [-0.05, 0) is 45.9 Å². The van der Waals surface area contributed by atoms with Crippen LogP contribution < -0.4 is 5.56 Å². The number of thioether (sulfide) groups is 1. The fourth-order valence-electron chi connectivity index (χ4n) is 2.44. The third-order valence-electron chi connectivity index (χ3n) is 3.73. The van der Waals surface area contributed by atoms with Crippen LogP contribution in [0, 0.1) is 25.3 Å². The Bertz CT molecular complexity index is 1070. The first-order chi connectivity index (χ1) is 13.3. The van der Waals surface area contributed by atoms with Crippen LogP contribution in [0.15, 0.2) is 52.4 Å². The van der Waals surface area contributed by atoms with Crippen molar-refractivity contribution in [2.24, 2.45) is 0 Å². The number of non-ortho nitro benzene ring substituents is 1. The number of nitro groups is 1. The molecule has 1 N–H and O–H groups in total. The molecule has 10 heteroatoms. The van der Waals surface area contributed by atoms with E-state index in [2.05, 4.69) is 9.97 Å². The predicted octanol–water partition coefficient (Wildman–Crippen LogP) is 4.44. The third-order valence-corrected chi connectivity index (χ3v) is 5.78. The second-order valence-electron chi connectivity index (χ2n) is 5.80. The molecule has 0 fully saturated rings. The van der Waals surface area contributed by atoms with Gasteiger partial charge in [-0.3, -0.25) is 14.9 Å². The van der Waals surface area contributed by atoms with Gasteiger partial charge in [-0.25, -0.2) is 13.8 Å². The van der Waals surface area contributed by atoms with Crippen molar-refractivity contribution in [1.82, 2.24) is 9.97 Å². The van der Waals surface area contributed by atoms with Crippen molar-refractivity contribution in [1.29, 1.82) is 0 Å². The molecule has 0 aliphatic rings. The van der Waals surface area contributed by atoms with Gasteiger partial charge in [0.15, 0.2) is 5.16 Å². The Labute approximate surface area is 175 Å². The number of H-pyrrole nitrogens is 1. The molecule has 0 radical (unpaired) electrons. The Hall–Kier alpha value is -2.34. The summed E-state index contributed by atoms with van der Waals surface area (Å²) in [5.74, 6) is -0.944. The van der Waals surface area contributed by atoms with Gasteiger partial charge in [0.2, 0.25) is 0 Å². The molecule has 0 unspecified atom stereocenters. The molecule has 1 heterocycles. The maximum atomic E-state index is 13.4. The number of aromatic nitrogens is 2. The lowest BCUT2D eigenvalue weighted by molar-refractivity contribution is -0.384. The molecule has 0 bridgehead atoms. The van der Waals surface area contributed by atoms with Crippen LogP contribution in [-0.2, 0) is 12.2 Å². The van der Waals surface area contributed by atoms with Crippen LogP contribution in [0.1, 0.15) is 16.8 Å². The van der Waals surface area contributed by atoms with Crippen molar-refractivity contribution in [2.75, 3.05) is 0 Å². The summed E-state index contributed by atoms with van der Waals surface area (Å²) in [5.41, 5.74) is 1.28. The van der Waals surface area contributed by atoms with Gasteiger partial charge in [0.05, 0.1) is 10.6 Å². The maximum absolute atomic E-state index is 13.4. The highest BCUT2D eigenvalue weighted by atomic mass is 127. The molecule has 0 saturated carbocycles. The van der Waals surface area contributed by atoms with Crippen molar-refractivity contribution >= 4 is 40.0 Å². The van der Waals surface area contributed by atoms with E-state index in [0.717, 1.165) is 11.6 Å². The number of hydrogen-bond donors (Lipinski definition) is 1. The summed E-state index contributed by atoms with van der Waals surface area (Å²) in [7, 11) is 0. The maximum Gasteiger partial charge on any atom is 0.269 e. The highest BCUT2D eigenvalue weighted by Crippen LogP contribution is 2.22. The van der Waals surface area contributed by atoms with Crippen molar-refractivity contribution in [3.05, 3.63) is 95.0 Å². The van der Waals surface area contributed by atoms with Crippen molar-refractivity contribution in [3.8, 4) is 0 Å². The number of benzene rings is 2. The molecule has 28 heavy (non-hydrogen) atoms. The fraction of sp³-hybridized carbons (Fsp3) is 0.111. The van der Waals surface area contributed by atoms with Gasteiger partial charge in [0, 0.05) is 30.4 Å². The third kappa shape index (κ3) is 5.13. The molecule has 0 saturated heterocycles. The molecule has 1 aromatic heterocycles.